The Morgan fingerprint density at radius 3 is 2.74 bits per heavy atom. The minimum Gasteiger partial charge on any atom is -0.495 e. The molecule has 0 aliphatic carbocycles. The number of nitrogens with two attached hydrogens (primary N) is 1. The Kier molecular flexibility index (Phi) is 4.12. The summed E-state index contributed by atoms with van der Waals surface area (Å²) in [5, 5.41) is 3.55. The molecule has 0 aromatic heterocycles. The van der Waals surface area contributed by atoms with Crippen molar-refractivity contribution in [3.05, 3.63) is 52.8 Å². The zero-order valence-corrected chi connectivity index (χ0v) is 11.2. The van der Waals surface area contributed by atoms with Crippen LogP contribution in [-0.4, -0.2) is 7.11 Å². The number of benzene rings is 2. The average molecular weight is 281 g/mol. The molecule has 0 heterocycles. The summed E-state index contributed by atoms with van der Waals surface area (Å²) in [7, 11) is 1.58. The van der Waals surface area contributed by atoms with Crippen LogP contribution in [-0.2, 0) is 6.54 Å². The Morgan fingerprint density at radius 2 is 2.05 bits per heavy atom. The van der Waals surface area contributed by atoms with E-state index in [-0.39, 0.29) is 5.82 Å². The molecule has 0 bridgehead atoms. The highest BCUT2D eigenvalue weighted by Gasteiger charge is 2.05. The van der Waals surface area contributed by atoms with Gasteiger partial charge in [-0.25, -0.2) is 4.39 Å². The van der Waals surface area contributed by atoms with E-state index in [1.807, 2.05) is 0 Å². The van der Waals surface area contributed by atoms with Gasteiger partial charge in [0.15, 0.2) is 0 Å². The van der Waals surface area contributed by atoms with Crippen LogP contribution in [0.3, 0.4) is 0 Å². The molecule has 5 heteroatoms. The average Bonchev–Trinajstić information content (AvgIpc) is 2.38. The Balaban J connectivity index is 2.16. The minimum atomic E-state index is -0.352. The molecule has 0 saturated carbocycles. The van der Waals surface area contributed by atoms with Crippen LogP contribution in [0, 0.1) is 5.82 Å². The van der Waals surface area contributed by atoms with Gasteiger partial charge in [-0.05, 0) is 35.9 Å². The molecule has 0 atom stereocenters. The zero-order chi connectivity index (χ0) is 13.8. The quantitative estimate of drug-likeness (QED) is 0.840. The molecular formula is C14H14ClFN2O. The van der Waals surface area contributed by atoms with Gasteiger partial charge >= 0.3 is 0 Å². The SMILES string of the molecule is COc1ccc(N)cc1NCc1ccc(F)cc1Cl. The third-order valence-corrected chi connectivity index (χ3v) is 3.06. The van der Waals surface area contributed by atoms with E-state index in [9.17, 15) is 4.39 Å². The second-order valence-electron chi connectivity index (χ2n) is 4.05. The van der Waals surface area contributed by atoms with Gasteiger partial charge in [-0.15, -0.1) is 0 Å². The van der Waals surface area contributed by atoms with Gasteiger partial charge in [0.1, 0.15) is 11.6 Å². The highest BCUT2D eigenvalue weighted by molar-refractivity contribution is 6.31. The van der Waals surface area contributed by atoms with Crippen molar-refractivity contribution < 1.29 is 9.13 Å². The van der Waals surface area contributed by atoms with E-state index in [1.165, 1.54) is 12.1 Å². The maximum atomic E-state index is 12.9. The molecule has 2 aromatic rings. The molecule has 0 radical (unpaired) electrons. The Morgan fingerprint density at radius 1 is 1.26 bits per heavy atom. The highest BCUT2D eigenvalue weighted by Crippen LogP contribution is 2.27. The summed E-state index contributed by atoms with van der Waals surface area (Å²) in [5.41, 5.74) is 7.93. The molecule has 0 fully saturated rings. The van der Waals surface area contributed by atoms with Gasteiger partial charge in [0.05, 0.1) is 12.8 Å². The Hall–Kier alpha value is -1.94. The molecule has 0 saturated heterocycles. The molecular weight excluding hydrogens is 267 g/mol. The van der Waals surface area contributed by atoms with Crippen molar-refractivity contribution in [1.82, 2.24) is 0 Å². The molecule has 3 nitrogen and oxygen atoms in total. The number of anilines is 2. The minimum absolute atomic E-state index is 0.352. The maximum absolute atomic E-state index is 12.9. The van der Waals surface area contributed by atoms with Gasteiger partial charge in [0, 0.05) is 17.3 Å². The number of rotatable bonds is 4. The number of nitrogens with one attached hydrogen (secondary N) is 1. The van der Waals surface area contributed by atoms with Crippen LogP contribution in [0.1, 0.15) is 5.56 Å². The number of ether oxygens (including phenoxy) is 1. The summed E-state index contributed by atoms with van der Waals surface area (Å²) in [6, 6.07) is 9.62. The third-order valence-electron chi connectivity index (χ3n) is 2.71. The van der Waals surface area contributed by atoms with Crippen molar-refractivity contribution in [3.63, 3.8) is 0 Å². The fraction of sp³-hybridized carbons (Fsp3) is 0.143. The normalized spacial score (nSPS) is 10.3. The van der Waals surface area contributed by atoms with Gasteiger partial charge in [-0.3, -0.25) is 0 Å². The summed E-state index contributed by atoms with van der Waals surface area (Å²) in [6.07, 6.45) is 0. The van der Waals surface area contributed by atoms with E-state index >= 15 is 0 Å². The molecule has 0 spiro atoms. The monoisotopic (exact) mass is 280 g/mol. The molecule has 2 aromatic carbocycles. The van der Waals surface area contributed by atoms with Crippen LogP contribution in [0.25, 0.3) is 0 Å². The predicted octanol–water partition coefficient (Wildman–Crippen LogP) is 3.68. The topological polar surface area (TPSA) is 47.3 Å². The number of hydrogen-bond acceptors (Lipinski definition) is 3. The van der Waals surface area contributed by atoms with Gasteiger partial charge < -0.3 is 15.8 Å². The molecule has 19 heavy (non-hydrogen) atoms. The molecule has 0 amide bonds. The first-order valence-electron chi connectivity index (χ1n) is 5.71. The van der Waals surface area contributed by atoms with Crippen molar-refractivity contribution in [3.8, 4) is 5.75 Å². The number of halogens is 2. The third kappa shape index (κ3) is 3.29. The zero-order valence-electron chi connectivity index (χ0n) is 10.4. The lowest BCUT2D eigenvalue weighted by Crippen LogP contribution is -2.03. The summed E-state index contributed by atoms with van der Waals surface area (Å²) in [6.45, 7) is 0.457. The van der Waals surface area contributed by atoms with Gasteiger partial charge in [0.25, 0.3) is 0 Å². The van der Waals surface area contributed by atoms with Crippen molar-refractivity contribution in [1.29, 1.82) is 0 Å². The number of hydrogen-bond donors (Lipinski definition) is 2. The van der Waals surface area contributed by atoms with Crippen molar-refractivity contribution >= 4 is 23.0 Å². The van der Waals surface area contributed by atoms with Crippen LogP contribution in [0.5, 0.6) is 5.75 Å². The summed E-state index contributed by atoms with van der Waals surface area (Å²) < 4.78 is 18.2. The predicted molar refractivity (Wildman–Crippen MR) is 76.1 cm³/mol. The standard InChI is InChI=1S/C14H14ClFN2O/c1-19-14-5-4-11(17)7-13(14)18-8-9-2-3-10(16)6-12(9)15/h2-7,18H,8,17H2,1H3. The lowest BCUT2D eigenvalue weighted by atomic mass is 10.2. The van der Waals surface area contributed by atoms with E-state index in [2.05, 4.69) is 5.32 Å². The maximum Gasteiger partial charge on any atom is 0.142 e. The molecule has 100 valence electrons. The first kappa shape index (κ1) is 13.5. The fourth-order valence-corrected chi connectivity index (χ4v) is 1.95. The van der Waals surface area contributed by atoms with E-state index in [4.69, 9.17) is 22.1 Å². The smallest absolute Gasteiger partial charge is 0.142 e. The first-order valence-corrected chi connectivity index (χ1v) is 6.09. The summed E-state index contributed by atoms with van der Waals surface area (Å²) in [4.78, 5) is 0. The number of nitrogen functional groups attached to an aromatic ring is 1. The molecule has 0 aliphatic heterocycles. The van der Waals surface area contributed by atoms with Gasteiger partial charge in [-0.1, -0.05) is 17.7 Å². The van der Waals surface area contributed by atoms with E-state index < -0.39 is 0 Å². The highest BCUT2D eigenvalue weighted by atomic mass is 35.5. The Bertz CT molecular complexity index is 590. The molecule has 0 aliphatic rings. The largest absolute Gasteiger partial charge is 0.495 e. The molecule has 0 unspecified atom stereocenters. The van der Waals surface area contributed by atoms with Gasteiger partial charge in [-0.2, -0.15) is 0 Å². The summed E-state index contributed by atoms with van der Waals surface area (Å²) in [5.74, 6) is 0.336. The summed E-state index contributed by atoms with van der Waals surface area (Å²) >= 11 is 5.96. The molecule has 2 rings (SSSR count). The lowest BCUT2D eigenvalue weighted by molar-refractivity contribution is 0.416. The van der Waals surface area contributed by atoms with Crippen LogP contribution in [0.2, 0.25) is 5.02 Å². The molecule has 3 N–H and O–H groups in total. The van der Waals surface area contributed by atoms with Crippen LogP contribution in [0.15, 0.2) is 36.4 Å². The Labute approximate surface area is 116 Å². The van der Waals surface area contributed by atoms with Crippen molar-refractivity contribution in [2.24, 2.45) is 0 Å². The van der Waals surface area contributed by atoms with E-state index in [1.54, 1.807) is 31.4 Å². The second kappa shape index (κ2) is 5.80. The van der Waals surface area contributed by atoms with Crippen LogP contribution >= 0.6 is 11.6 Å². The number of methoxy groups -OCH3 is 1. The lowest BCUT2D eigenvalue weighted by Gasteiger charge is -2.12. The fourth-order valence-electron chi connectivity index (χ4n) is 1.72. The van der Waals surface area contributed by atoms with Crippen LogP contribution in [0.4, 0.5) is 15.8 Å². The van der Waals surface area contributed by atoms with E-state index in [0.717, 1.165) is 11.3 Å². The van der Waals surface area contributed by atoms with Crippen LogP contribution < -0.4 is 15.8 Å². The second-order valence-corrected chi connectivity index (χ2v) is 4.46. The van der Waals surface area contributed by atoms with Gasteiger partial charge in [0.2, 0.25) is 0 Å². The first-order chi connectivity index (χ1) is 9.10. The van der Waals surface area contributed by atoms with Crippen molar-refractivity contribution in [2.45, 2.75) is 6.54 Å². The van der Waals surface area contributed by atoms with E-state index in [0.29, 0.717) is 23.0 Å². The van der Waals surface area contributed by atoms with Crippen molar-refractivity contribution in [2.75, 3.05) is 18.2 Å².